The monoisotopic (exact) mass is 222 g/mol. The predicted molar refractivity (Wildman–Crippen MR) is 64.0 cm³/mol. The summed E-state index contributed by atoms with van der Waals surface area (Å²) in [7, 11) is 0. The van der Waals surface area contributed by atoms with Crippen molar-refractivity contribution in [3.05, 3.63) is 23.8 Å². The Labute approximate surface area is 95.3 Å². The molecule has 4 heteroatoms. The summed E-state index contributed by atoms with van der Waals surface area (Å²) >= 11 is 0. The van der Waals surface area contributed by atoms with Gasteiger partial charge in [0.05, 0.1) is 11.6 Å². The molecule has 1 aromatic rings. The molecule has 0 fully saturated rings. The number of hydrogen-bond donors (Lipinski definition) is 3. The predicted octanol–water partition coefficient (Wildman–Crippen LogP) is 1.73. The first kappa shape index (κ1) is 12.4. The van der Waals surface area contributed by atoms with Gasteiger partial charge in [-0.2, -0.15) is 0 Å². The maximum Gasteiger partial charge on any atom is 0.224 e. The van der Waals surface area contributed by atoms with Crippen LogP contribution in [0.2, 0.25) is 0 Å². The van der Waals surface area contributed by atoms with Crippen LogP contribution in [0.25, 0.3) is 0 Å². The van der Waals surface area contributed by atoms with Gasteiger partial charge in [-0.1, -0.05) is 25.8 Å². The summed E-state index contributed by atoms with van der Waals surface area (Å²) in [6, 6.07) is 4.84. The number of nitrogen functional groups attached to an aromatic ring is 1. The number of phenolic OH excluding ortho intramolecular Hbond substituents is 1. The number of carbonyl (C=O) groups excluding carboxylic acids is 1. The van der Waals surface area contributed by atoms with Crippen molar-refractivity contribution in [2.75, 3.05) is 5.73 Å². The van der Waals surface area contributed by atoms with Crippen LogP contribution in [0.3, 0.4) is 0 Å². The molecular weight excluding hydrogens is 204 g/mol. The molecule has 0 heterocycles. The molecule has 0 saturated carbocycles. The van der Waals surface area contributed by atoms with Crippen LogP contribution in [-0.4, -0.2) is 11.0 Å². The average molecular weight is 222 g/mol. The molecule has 0 saturated heterocycles. The molecule has 5 N–H and O–H groups in total. The van der Waals surface area contributed by atoms with E-state index in [1.807, 2.05) is 0 Å². The van der Waals surface area contributed by atoms with Gasteiger partial charge in [-0.05, 0) is 24.1 Å². The molecule has 0 aliphatic carbocycles. The molecule has 0 radical (unpaired) electrons. The van der Waals surface area contributed by atoms with Crippen molar-refractivity contribution < 1.29 is 9.90 Å². The maximum absolute atomic E-state index is 11.3. The largest absolute Gasteiger partial charge is 0.506 e. The van der Waals surface area contributed by atoms with Crippen molar-refractivity contribution in [3.8, 4) is 5.75 Å². The summed E-state index contributed by atoms with van der Waals surface area (Å²) in [6.45, 7) is 2.05. The molecular formula is C12H18N2O2. The van der Waals surface area contributed by atoms with E-state index in [0.717, 1.165) is 18.4 Å². The van der Waals surface area contributed by atoms with Crippen LogP contribution in [-0.2, 0) is 4.79 Å². The summed E-state index contributed by atoms with van der Waals surface area (Å²) < 4.78 is 0. The molecule has 0 aliphatic rings. The van der Waals surface area contributed by atoms with Gasteiger partial charge < -0.3 is 16.6 Å². The van der Waals surface area contributed by atoms with Gasteiger partial charge in [0.25, 0.3) is 0 Å². The highest BCUT2D eigenvalue weighted by Gasteiger charge is 2.17. The molecule has 1 unspecified atom stereocenters. The van der Waals surface area contributed by atoms with E-state index in [-0.39, 0.29) is 17.6 Å². The van der Waals surface area contributed by atoms with Crippen LogP contribution in [0, 0.1) is 0 Å². The number of unbranched alkanes of at least 4 members (excludes halogenated alkanes) is 1. The Kier molecular flexibility index (Phi) is 4.17. The SMILES string of the molecule is CCCCC(C(N)=O)c1ccc(N)c(O)c1. The molecule has 1 aromatic carbocycles. The third kappa shape index (κ3) is 2.89. The van der Waals surface area contributed by atoms with E-state index in [2.05, 4.69) is 6.92 Å². The number of anilines is 1. The minimum Gasteiger partial charge on any atom is -0.506 e. The molecule has 4 nitrogen and oxygen atoms in total. The first-order chi connectivity index (χ1) is 7.56. The van der Waals surface area contributed by atoms with Gasteiger partial charge >= 0.3 is 0 Å². The Bertz CT molecular complexity index is 377. The van der Waals surface area contributed by atoms with Crippen molar-refractivity contribution in [1.29, 1.82) is 0 Å². The minimum atomic E-state index is -0.363. The number of nitrogens with two attached hydrogens (primary N) is 2. The topological polar surface area (TPSA) is 89.3 Å². The third-order valence-electron chi connectivity index (χ3n) is 2.65. The van der Waals surface area contributed by atoms with E-state index in [4.69, 9.17) is 11.5 Å². The Morgan fingerprint density at radius 1 is 1.50 bits per heavy atom. The highest BCUT2D eigenvalue weighted by Crippen LogP contribution is 2.28. The lowest BCUT2D eigenvalue weighted by molar-refractivity contribution is -0.119. The molecule has 0 aromatic heterocycles. The summed E-state index contributed by atoms with van der Waals surface area (Å²) in [5.74, 6) is -0.704. The minimum absolute atomic E-state index is 0.000230. The molecule has 1 rings (SSSR count). The Balaban J connectivity index is 2.92. The van der Waals surface area contributed by atoms with Crippen LogP contribution in [0.1, 0.15) is 37.7 Å². The van der Waals surface area contributed by atoms with E-state index in [0.29, 0.717) is 12.1 Å². The van der Waals surface area contributed by atoms with Gasteiger partial charge in [0, 0.05) is 0 Å². The zero-order valence-electron chi connectivity index (χ0n) is 9.44. The second-order valence-corrected chi connectivity index (χ2v) is 3.92. The smallest absolute Gasteiger partial charge is 0.224 e. The Hall–Kier alpha value is -1.71. The second kappa shape index (κ2) is 5.39. The van der Waals surface area contributed by atoms with E-state index < -0.39 is 0 Å². The highest BCUT2D eigenvalue weighted by molar-refractivity contribution is 5.82. The van der Waals surface area contributed by atoms with Crippen molar-refractivity contribution >= 4 is 11.6 Å². The van der Waals surface area contributed by atoms with Gasteiger partial charge in [0.2, 0.25) is 5.91 Å². The van der Waals surface area contributed by atoms with Crippen molar-refractivity contribution in [2.24, 2.45) is 5.73 Å². The number of rotatable bonds is 5. The number of amides is 1. The van der Waals surface area contributed by atoms with Gasteiger partial charge in [-0.3, -0.25) is 4.79 Å². The van der Waals surface area contributed by atoms with E-state index >= 15 is 0 Å². The molecule has 1 amide bonds. The maximum atomic E-state index is 11.3. The van der Waals surface area contributed by atoms with Crippen LogP contribution in [0.5, 0.6) is 5.75 Å². The quantitative estimate of drug-likeness (QED) is 0.523. The number of hydrogen-bond acceptors (Lipinski definition) is 3. The number of aromatic hydroxyl groups is 1. The highest BCUT2D eigenvalue weighted by atomic mass is 16.3. The Morgan fingerprint density at radius 3 is 2.69 bits per heavy atom. The van der Waals surface area contributed by atoms with Crippen LogP contribution >= 0.6 is 0 Å². The van der Waals surface area contributed by atoms with E-state index in [9.17, 15) is 9.90 Å². The van der Waals surface area contributed by atoms with E-state index in [1.54, 1.807) is 12.1 Å². The zero-order chi connectivity index (χ0) is 12.1. The van der Waals surface area contributed by atoms with Crippen molar-refractivity contribution in [3.63, 3.8) is 0 Å². The molecule has 88 valence electrons. The first-order valence-electron chi connectivity index (χ1n) is 5.44. The van der Waals surface area contributed by atoms with Crippen LogP contribution in [0.4, 0.5) is 5.69 Å². The van der Waals surface area contributed by atoms with Gasteiger partial charge in [0.1, 0.15) is 5.75 Å². The normalized spacial score (nSPS) is 12.3. The van der Waals surface area contributed by atoms with Crippen molar-refractivity contribution in [1.82, 2.24) is 0 Å². The lowest BCUT2D eigenvalue weighted by atomic mass is 9.92. The summed E-state index contributed by atoms with van der Waals surface area (Å²) in [5, 5.41) is 9.48. The fraction of sp³-hybridized carbons (Fsp3) is 0.417. The molecule has 16 heavy (non-hydrogen) atoms. The van der Waals surface area contributed by atoms with Gasteiger partial charge in [-0.25, -0.2) is 0 Å². The lowest BCUT2D eigenvalue weighted by Gasteiger charge is -2.14. The third-order valence-corrected chi connectivity index (χ3v) is 2.65. The fourth-order valence-electron chi connectivity index (χ4n) is 1.66. The summed E-state index contributed by atoms with van der Waals surface area (Å²) in [5.41, 5.74) is 11.9. The van der Waals surface area contributed by atoms with E-state index in [1.165, 1.54) is 6.07 Å². The summed E-state index contributed by atoms with van der Waals surface area (Å²) in [4.78, 5) is 11.3. The zero-order valence-corrected chi connectivity index (χ0v) is 9.44. The second-order valence-electron chi connectivity index (χ2n) is 3.92. The fourth-order valence-corrected chi connectivity index (χ4v) is 1.66. The number of benzene rings is 1. The number of carbonyl (C=O) groups is 1. The molecule has 0 aliphatic heterocycles. The lowest BCUT2D eigenvalue weighted by Crippen LogP contribution is -2.21. The molecule has 0 spiro atoms. The molecule has 0 bridgehead atoms. The van der Waals surface area contributed by atoms with Crippen LogP contribution in [0.15, 0.2) is 18.2 Å². The summed E-state index contributed by atoms with van der Waals surface area (Å²) in [6.07, 6.45) is 2.64. The van der Waals surface area contributed by atoms with Gasteiger partial charge in [-0.15, -0.1) is 0 Å². The van der Waals surface area contributed by atoms with Crippen LogP contribution < -0.4 is 11.5 Å². The standard InChI is InChI=1S/C12H18N2O2/c1-2-3-4-9(12(14)16)8-5-6-10(13)11(15)7-8/h5-7,9,15H,2-4,13H2,1H3,(H2,14,16). The Morgan fingerprint density at radius 2 is 2.19 bits per heavy atom. The average Bonchev–Trinajstić information content (AvgIpc) is 2.23. The van der Waals surface area contributed by atoms with Crippen molar-refractivity contribution in [2.45, 2.75) is 32.1 Å². The number of primary amides is 1. The molecule has 1 atom stereocenters. The number of phenols is 1. The first-order valence-corrected chi connectivity index (χ1v) is 5.44. The van der Waals surface area contributed by atoms with Gasteiger partial charge in [0.15, 0.2) is 0 Å².